The third kappa shape index (κ3) is 4.66. The maximum atomic E-state index is 13.9. The topological polar surface area (TPSA) is 47.0 Å². The molecule has 0 radical (unpaired) electrons. The molecule has 3 unspecified atom stereocenters. The molecular formula is C29H43N3O2. The van der Waals surface area contributed by atoms with E-state index in [1.165, 1.54) is 57.8 Å². The Hall–Kier alpha value is -1.85. The normalized spacial score (nSPS) is 34.4. The van der Waals surface area contributed by atoms with Gasteiger partial charge in [-0.05, 0) is 83.0 Å². The summed E-state index contributed by atoms with van der Waals surface area (Å²) in [4.78, 5) is 20.6. The minimum Gasteiger partial charge on any atom is -0.511 e. The molecule has 1 aromatic rings. The number of aliphatic hydroxyl groups is 1. The highest BCUT2D eigenvalue weighted by atomic mass is 16.3. The molecule has 1 aromatic carbocycles. The Bertz CT molecular complexity index is 845. The van der Waals surface area contributed by atoms with Gasteiger partial charge in [0.25, 0.3) is 5.91 Å². The summed E-state index contributed by atoms with van der Waals surface area (Å²) in [5.74, 6) is 1.74. The van der Waals surface area contributed by atoms with Crippen LogP contribution < -0.4 is 4.90 Å². The molecule has 1 N–H and O–H groups in total. The van der Waals surface area contributed by atoms with Gasteiger partial charge in [0.1, 0.15) is 11.8 Å². The molecule has 34 heavy (non-hydrogen) atoms. The molecule has 2 saturated heterocycles. The van der Waals surface area contributed by atoms with Gasteiger partial charge in [-0.15, -0.1) is 0 Å². The second-order valence-electron chi connectivity index (χ2n) is 11.7. The van der Waals surface area contributed by atoms with Crippen LogP contribution in [0.25, 0.3) is 0 Å². The summed E-state index contributed by atoms with van der Waals surface area (Å²) in [5.41, 5.74) is 0.935. The number of fused-ring (bicyclic) bond motifs is 4. The number of aliphatic hydroxyl groups excluding tert-OH is 1. The quantitative estimate of drug-likeness (QED) is 0.573. The zero-order chi connectivity index (χ0) is 23.8. The molecule has 5 rings (SSSR count). The van der Waals surface area contributed by atoms with Crippen molar-refractivity contribution in [2.24, 2.45) is 11.8 Å². The average Bonchev–Trinajstić information content (AvgIpc) is 2.78. The number of likely N-dealkylation sites (N-methyl/N-ethyl adjacent to an activating group) is 1. The fourth-order valence-electron chi connectivity index (χ4n) is 8.04. The van der Waals surface area contributed by atoms with Gasteiger partial charge in [0.2, 0.25) is 0 Å². The van der Waals surface area contributed by atoms with Crippen LogP contribution in [-0.4, -0.2) is 65.1 Å². The fourth-order valence-corrected chi connectivity index (χ4v) is 8.04. The van der Waals surface area contributed by atoms with Gasteiger partial charge in [0.15, 0.2) is 0 Å². The Kier molecular flexibility index (Phi) is 7.04. The molecule has 0 spiro atoms. The second-order valence-corrected chi connectivity index (χ2v) is 11.7. The van der Waals surface area contributed by atoms with E-state index in [0.717, 1.165) is 36.4 Å². The maximum Gasteiger partial charge on any atom is 0.252 e. The summed E-state index contributed by atoms with van der Waals surface area (Å²) >= 11 is 0. The van der Waals surface area contributed by atoms with Crippen LogP contribution in [0.5, 0.6) is 0 Å². The highest BCUT2D eigenvalue weighted by Gasteiger charge is 2.47. The van der Waals surface area contributed by atoms with Gasteiger partial charge in [0, 0.05) is 29.9 Å². The second kappa shape index (κ2) is 10.0. The number of benzene rings is 1. The molecule has 4 fully saturated rings. The summed E-state index contributed by atoms with van der Waals surface area (Å²) < 4.78 is 0. The first-order valence-corrected chi connectivity index (χ1v) is 13.6. The zero-order valence-electron chi connectivity index (χ0n) is 21.1. The van der Waals surface area contributed by atoms with Crippen molar-refractivity contribution < 1.29 is 9.90 Å². The Morgan fingerprint density at radius 3 is 2.06 bits per heavy atom. The minimum absolute atomic E-state index is 0.0626. The van der Waals surface area contributed by atoms with Gasteiger partial charge in [-0.3, -0.25) is 14.6 Å². The van der Waals surface area contributed by atoms with Crippen LogP contribution in [0, 0.1) is 11.8 Å². The van der Waals surface area contributed by atoms with Crippen molar-refractivity contribution in [3.8, 4) is 0 Å². The lowest BCUT2D eigenvalue weighted by Crippen LogP contribution is -2.63. The molecule has 4 aliphatic rings. The fraction of sp³-hybridized carbons (Fsp3) is 0.690. The third-order valence-electron chi connectivity index (χ3n) is 9.23. The first-order valence-electron chi connectivity index (χ1n) is 13.6. The SMILES string of the molecule is C=C(O)C(C(=O)N(c1ccccc1)C1C[C@H]2CCC[C@@H](C1)N2C1C[C@H]2CCC[C@@H](C1)C2)N(C)C. The number of rotatable bonds is 6. The van der Waals surface area contributed by atoms with Crippen LogP contribution >= 0.6 is 0 Å². The average molecular weight is 466 g/mol. The Morgan fingerprint density at radius 2 is 1.50 bits per heavy atom. The Balaban J connectivity index is 1.41. The van der Waals surface area contributed by atoms with Gasteiger partial charge < -0.3 is 10.0 Å². The van der Waals surface area contributed by atoms with Gasteiger partial charge in [0.05, 0.1) is 0 Å². The van der Waals surface area contributed by atoms with E-state index in [4.69, 9.17) is 0 Å². The van der Waals surface area contributed by atoms with Crippen molar-refractivity contribution in [1.82, 2.24) is 9.80 Å². The lowest BCUT2D eigenvalue weighted by Gasteiger charge is -2.56. The predicted molar refractivity (Wildman–Crippen MR) is 138 cm³/mol. The van der Waals surface area contributed by atoms with E-state index >= 15 is 0 Å². The first-order chi connectivity index (χ1) is 16.4. The van der Waals surface area contributed by atoms with Crippen molar-refractivity contribution in [2.75, 3.05) is 19.0 Å². The largest absolute Gasteiger partial charge is 0.511 e. The number of carbonyl (C=O) groups excluding carboxylic acids is 1. The van der Waals surface area contributed by atoms with Crippen LogP contribution in [0.2, 0.25) is 0 Å². The van der Waals surface area contributed by atoms with E-state index in [1.54, 1.807) is 4.90 Å². The molecular weight excluding hydrogens is 422 g/mol. The van der Waals surface area contributed by atoms with E-state index in [1.807, 2.05) is 49.3 Å². The zero-order valence-corrected chi connectivity index (χ0v) is 21.1. The van der Waals surface area contributed by atoms with Crippen LogP contribution in [0.3, 0.4) is 0 Å². The molecule has 2 heterocycles. The molecule has 1 amide bonds. The molecule has 2 aliphatic heterocycles. The summed E-state index contributed by atoms with van der Waals surface area (Å²) in [7, 11) is 3.68. The Morgan fingerprint density at radius 1 is 0.912 bits per heavy atom. The highest BCUT2D eigenvalue weighted by Crippen LogP contribution is 2.46. The van der Waals surface area contributed by atoms with Crippen molar-refractivity contribution >= 4 is 11.6 Å². The number of para-hydroxylation sites is 1. The van der Waals surface area contributed by atoms with E-state index in [9.17, 15) is 9.90 Å². The molecule has 5 nitrogen and oxygen atoms in total. The van der Waals surface area contributed by atoms with E-state index in [-0.39, 0.29) is 17.7 Å². The number of nitrogens with zero attached hydrogens (tertiary/aromatic N) is 3. The number of piperidine rings is 2. The molecule has 2 aliphatic carbocycles. The number of hydrogen-bond acceptors (Lipinski definition) is 4. The van der Waals surface area contributed by atoms with E-state index in [2.05, 4.69) is 11.5 Å². The Labute approximate surface area is 205 Å². The molecule has 4 bridgehead atoms. The van der Waals surface area contributed by atoms with Crippen LogP contribution in [-0.2, 0) is 4.79 Å². The van der Waals surface area contributed by atoms with Crippen LogP contribution in [0.1, 0.15) is 70.6 Å². The van der Waals surface area contributed by atoms with Crippen LogP contribution in [0.15, 0.2) is 42.7 Å². The lowest BCUT2D eigenvalue weighted by molar-refractivity contribution is -0.124. The van der Waals surface area contributed by atoms with Crippen molar-refractivity contribution in [1.29, 1.82) is 0 Å². The van der Waals surface area contributed by atoms with Crippen LogP contribution in [0.4, 0.5) is 5.69 Å². The molecule has 0 aromatic heterocycles. The number of hydrogen-bond donors (Lipinski definition) is 1. The number of amides is 1. The molecule has 186 valence electrons. The molecule has 2 saturated carbocycles. The smallest absolute Gasteiger partial charge is 0.252 e. The van der Waals surface area contributed by atoms with Crippen molar-refractivity contribution in [2.45, 2.75) is 101 Å². The van der Waals surface area contributed by atoms with Crippen molar-refractivity contribution in [3.05, 3.63) is 42.7 Å². The van der Waals surface area contributed by atoms with Gasteiger partial charge >= 0.3 is 0 Å². The van der Waals surface area contributed by atoms with Crippen molar-refractivity contribution in [3.63, 3.8) is 0 Å². The van der Waals surface area contributed by atoms with Gasteiger partial charge in [-0.25, -0.2) is 0 Å². The predicted octanol–water partition coefficient (Wildman–Crippen LogP) is 5.38. The standard InChI is InChI=1S/C29H43N3O2/c1-20(33)28(30(2)3)29(34)32(23-11-5-4-6-12-23)27-18-24-13-8-14-25(19-27)31(24)26-16-21-9-7-10-22(15-21)17-26/h4-6,11-12,21-22,24-28,33H,1,7-10,13-19H2,2-3H3/t21-,22+,24-,25+,26?,27?,28?. The maximum absolute atomic E-state index is 13.9. The number of carbonyl (C=O) groups is 1. The monoisotopic (exact) mass is 465 g/mol. The van der Waals surface area contributed by atoms with Gasteiger partial charge in [-0.1, -0.05) is 50.5 Å². The number of anilines is 1. The summed E-state index contributed by atoms with van der Waals surface area (Å²) in [6, 6.07) is 11.4. The summed E-state index contributed by atoms with van der Waals surface area (Å²) in [6.07, 6.45) is 14.4. The summed E-state index contributed by atoms with van der Waals surface area (Å²) in [6.45, 7) is 3.74. The highest BCUT2D eigenvalue weighted by molar-refractivity contribution is 5.99. The minimum atomic E-state index is -0.726. The van der Waals surface area contributed by atoms with E-state index in [0.29, 0.717) is 12.1 Å². The lowest BCUT2D eigenvalue weighted by atomic mass is 9.68. The summed E-state index contributed by atoms with van der Waals surface area (Å²) in [5, 5.41) is 10.3. The molecule has 7 atom stereocenters. The third-order valence-corrected chi connectivity index (χ3v) is 9.23. The van der Waals surface area contributed by atoms with Gasteiger partial charge in [-0.2, -0.15) is 0 Å². The molecule has 5 heteroatoms. The van der Waals surface area contributed by atoms with E-state index < -0.39 is 6.04 Å². The first kappa shape index (κ1) is 23.9.